The van der Waals surface area contributed by atoms with Crippen LogP contribution in [0.4, 0.5) is 17.5 Å². The second-order valence-electron chi connectivity index (χ2n) is 5.70. The number of anilines is 3. The van der Waals surface area contributed by atoms with Crippen LogP contribution in [0.1, 0.15) is 16.7 Å². The molecule has 1 aromatic heterocycles. The maximum absolute atomic E-state index is 9.07. The summed E-state index contributed by atoms with van der Waals surface area (Å²) in [7, 11) is 0. The highest BCUT2D eigenvalue weighted by Gasteiger charge is 2.16. The molecule has 0 fully saturated rings. The van der Waals surface area contributed by atoms with E-state index in [1.807, 2.05) is 44.2 Å². The molecular formula is C19H16ClN5O. The predicted octanol–water partition coefficient (Wildman–Crippen LogP) is 4.74. The fourth-order valence-electron chi connectivity index (χ4n) is 2.49. The van der Waals surface area contributed by atoms with E-state index in [2.05, 4.69) is 21.4 Å². The Hall–Kier alpha value is -3.30. The van der Waals surface area contributed by atoms with Gasteiger partial charge in [-0.2, -0.15) is 15.2 Å². The molecule has 3 aromatic rings. The van der Waals surface area contributed by atoms with Crippen molar-refractivity contribution in [3.8, 4) is 17.7 Å². The number of nitrogens with two attached hydrogens (primary N) is 1. The van der Waals surface area contributed by atoms with E-state index in [0.29, 0.717) is 11.3 Å². The van der Waals surface area contributed by atoms with Crippen LogP contribution in [0, 0.1) is 25.2 Å². The first-order chi connectivity index (χ1) is 12.5. The second-order valence-corrected chi connectivity index (χ2v) is 6.07. The van der Waals surface area contributed by atoms with Gasteiger partial charge < -0.3 is 15.8 Å². The van der Waals surface area contributed by atoms with Gasteiger partial charge >= 0.3 is 0 Å². The number of para-hydroxylation sites is 1. The molecular weight excluding hydrogens is 350 g/mol. The number of hydrogen-bond donors (Lipinski definition) is 2. The van der Waals surface area contributed by atoms with Gasteiger partial charge in [0.15, 0.2) is 5.82 Å². The van der Waals surface area contributed by atoms with Crippen LogP contribution in [0.25, 0.3) is 0 Å². The van der Waals surface area contributed by atoms with Crippen molar-refractivity contribution >= 4 is 29.1 Å². The van der Waals surface area contributed by atoms with E-state index in [0.717, 1.165) is 16.8 Å². The highest BCUT2D eigenvalue weighted by atomic mass is 35.5. The summed E-state index contributed by atoms with van der Waals surface area (Å²) in [6, 6.07) is 15.0. The maximum atomic E-state index is 9.07. The zero-order valence-electron chi connectivity index (χ0n) is 14.2. The Morgan fingerprint density at radius 2 is 1.77 bits per heavy atom. The van der Waals surface area contributed by atoms with Crippen LogP contribution in [0.5, 0.6) is 11.6 Å². The van der Waals surface area contributed by atoms with Gasteiger partial charge in [-0.25, -0.2) is 0 Å². The molecule has 3 rings (SSSR count). The third-order valence-corrected chi connectivity index (χ3v) is 4.02. The number of aromatic nitrogens is 2. The summed E-state index contributed by atoms with van der Waals surface area (Å²) in [5, 5.41) is 12.3. The zero-order valence-corrected chi connectivity index (χ0v) is 15.0. The lowest BCUT2D eigenvalue weighted by molar-refractivity contribution is 0.456. The van der Waals surface area contributed by atoms with Crippen molar-refractivity contribution in [3.63, 3.8) is 0 Å². The van der Waals surface area contributed by atoms with Gasteiger partial charge in [0, 0.05) is 5.69 Å². The average Bonchev–Trinajstić information content (AvgIpc) is 2.62. The first-order valence-electron chi connectivity index (χ1n) is 7.82. The van der Waals surface area contributed by atoms with Crippen LogP contribution in [0.3, 0.4) is 0 Å². The third-order valence-electron chi connectivity index (χ3n) is 3.66. The molecule has 0 atom stereocenters. The third kappa shape index (κ3) is 3.68. The molecule has 0 saturated carbocycles. The quantitative estimate of drug-likeness (QED) is 0.693. The SMILES string of the molecule is Cc1cc(C#N)cc(C)c1Oc1nc(Nc2ccccc2)nc(N)c1Cl. The van der Waals surface area contributed by atoms with Crippen molar-refractivity contribution in [3.05, 3.63) is 64.2 Å². The Kier molecular flexibility index (Phi) is 4.92. The van der Waals surface area contributed by atoms with Crippen LogP contribution in [-0.2, 0) is 0 Å². The highest BCUT2D eigenvalue weighted by Crippen LogP contribution is 2.35. The van der Waals surface area contributed by atoms with Crippen LogP contribution >= 0.6 is 11.6 Å². The second kappa shape index (κ2) is 7.30. The number of nitrogen functional groups attached to an aromatic ring is 1. The number of aryl methyl sites for hydroxylation is 2. The van der Waals surface area contributed by atoms with Gasteiger partial charge in [-0.3, -0.25) is 0 Å². The minimum absolute atomic E-state index is 0.110. The van der Waals surface area contributed by atoms with E-state index in [4.69, 9.17) is 27.3 Å². The Labute approximate surface area is 156 Å². The monoisotopic (exact) mass is 365 g/mol. The normalized spacial score (nSPS) is 10.2. The van der Waals surface area contributed by atoms with Crippen LogP contribution in [-0.4, -0.2) is 9.97 Å². The first kappa shape index (κ1) is 17.5. The Balaban J connectivity index is 1.97. The first-order valence-corrected chi connectivity index (χ1v) is 8.20. The molecule has 1 heterocycles. The average molecular weight is 366 g/mol. The summed E-state index contributed by atoms with van der Waals surface area (Å²) >= 11 is 6.23. The molecule has 0 amide bonds. The molecule has 0 aliphatic rings. The van der Waals surface area contributed by atoms with Crippen LogP contribution in [0.15, 0.2) is 42.5 Å². The molecule has 26 heavy (non-hydrogen) atoms. The van der Waals surface area contributed by atoms with E-state index < -0.39 is 0 Å². The van der Waals surface area contributed by atoms with Crippen LogP contribution < -0.4 is 15.8 Å². The Morgan fingerprint density at radius 1 is 1.12 bits per heavy atom. The van der Waals surface area contributed by atoms with E-state index in [9.17, 15) is 0 Å². The number of halogens is 1. The van der Waals surface area contributed by atoms with Gasteiger partial charge in [0.05, 0.1) is 11.6 Å². The number of nitrogens with one attached hydrogen (secondary N) is 1. The summed E-state index contributed by atoms with van der Waals surface area (Å²) in [6.07, 6.45) is 0. The van der Waals surface area contributed by atoms with E-state index in [1.54, 1.807) is 12.1 Å². The molecule has 130 valence electrons. The van der Waals surface area contributed by atoms with E-state index in [1.165, 1.54) is 0 Å². The lowest BCUT2D eigenvalue weighted by Gasteiger charge is -2.14. The summed E-state index contributed by atoms with van der Waals surface area (Å²) in [5.74, 6) is 1.11. The van der Waals surface area contributed by atoms with Gasteiger partial charge in [0.25, 0.3) is 0 Å². The highest BCUT2D eigenvalue weighted by molar-refractivity contribution is 6.34. The summed E-state index contributed by atoms with van der Waals surface area (Å²) < 4.78 is 5.92. The van der Waals surface area contributed by atoms with Crippen LogP contribution in [0.2, 0.25) is 5.02 Å². The summed E-state index contributed by atoms with van der Waals surface area (Å²) in [4.78, 5) is 8.47. The molecule has 0 unspecified atom stereocenters. The van der Waals surface area contributed by atoms with E-state index >= 15 is 0 Å². The Bertz CT molecular complexity index is 976. The number of hydrogen-bond acceptors (Lipinski definition) is 6. The standard InChI is InChI=1S/C19H16ClN5O/c1-11-8-13(10-21)9-12(2)16(11)26-18-15(20)17(22)24-19(25-18)23-14-6-4-3-5-7-14/h3-9H,1-2H3,(H3,22,23,24,25). The zero-order chi connectivity index (χ0) is 18.7. The van der Waals surface area contributed by atoms with Crippen molar-refractivity contribution < 1.29 is 4.74 Å². The Morgan fingerprint density at radius 3 is 2.38 bits per heavy atom. The van der Waals surface area contributed by atoms with Gasteiger partial charge in [-0.1, -0.05) is 29.8 Å². The lowest BCUT2D eigenvalue weighted by Crippen LogP contribution is -2.04. The van der Waals surface area contributed by atoms with E-state index in [-0.39, 0.29) is 22.7 Å². The van der Waals surface area contributed by atoms with Crippen molar-refractivity contribution in [1.29, 1.82) is 5.26 Å². The van der Waals surface area contributed by atoms with Crippen molar-refractivity contribution in [1.82, 2.24) is 9.97 Å². The van der Waals surface area contributed by atoms with Gasteiger partial charge in [0.2, 0.25) is 11.8 Å². The largest absolute Gasteiger partial charge is 0.437 e. The minimum Gasteiger partial charge on any atom is -0.437 e. The fraction of sp³-hybridized carbons (Fsp3) is 0.105. The molecule has 0 aliphatic carbocycles. The molecule has 6 nitrogen and oxygen atoms in total. The number of nitrogens with zero attached hydrogens (tertiary/aromatic N) is 3. The predicted molar refractivity (Wildman–Crippen MR) is 102 cm³/mol. The smallest absolute Gasteiger partial charge is 0.245 e. The van der Waals surface area contributed by atoms with Crippen molar-refractivity contribution in [2.24, 2.45) is 0 Å². The van der Waals surface area contributed by atoms with Crippen molar-refractivity contribution in [2.45, 2.75) is 13.8 Å². The molecule has 2 aromatic carbocycles. The van der Waals surface area contributed by atoms with Crippen molar-refractivity contribution in [2.75, 3.05) is 11.1 Å². The number of ether oxygens (including phenoxy) is 1. The molecule has 3 N–H and O–H groups in total. The number of nitriles is 1. The molecule has 0 aliphatic heterocycles. The molecule has 0 spiro atoms. The lowest BCUT2D eigenvalue weighted by atomic mass is 10.1. The summed E-state index contributed by atoms with van der Waals surface area (Å²) in [6.45, 7) is 3.70. The number of benzene rings is 2. The van der Waals surface area contributed by atoms with Gasteiger partial charge in [0.1, 0.15) is 10.8 Å². The molecule has 0 bridgehead atoms. The molecule has 0 radical (unpaired) electrons. The van der Waals surface area contributed by atoms with Gasteiger partial charge in [-0.05, 0) is 49.2 Å². The number of rotatable bonds is 4. The van der Waals surface area contributed by atoms with Gasteiger partial charge in [-0.15, -0.1) is 0 Å². The molecule has 7 heteroatoms. The molecule has 0 saturated heterocycles. The minimum atomic E-state index is 0.110. The summed E-state index contributed by atoms with van der Waals surface area (Å²) in [5.41, 5.74) is 8.87. The fourth-order valence-corrected chi connectivity index (χ4v) is 2.61. The maximum Gasteiger partial charge on any atom is 0.245 e. The topological polar surface area (TPSA) is 96.8 Å².